The Kier molecular flexibility index (Phi) is 4.37. The van der Waals surface area contributed by atoms with Crippen molar-refractivity contribution in [3.05, 3.63) is 0 Å². The molecule has 1 heterocycles. The predicted molar refractivity (Wildman–Crippen MR) is 67.3 cm³/mol. The van der Waals surface area contributed by atoms with Gasteiger partial charge in [-0.25, -0.2) is 4.79 Å². The molecule has 0 aromatic carbocycles. The molecule has 1 fully saturated rings. The van der Waals surface area contributed by atoms with Gasteiger partial charge in [-0.15, -0.1) is 0 Å². The van der Waals surface area contributed by atoms with Gasteiger partial charge in [-0.05, 0) is 40.5 Å². The molecule has 1 aliphatic heterocycles. The van der Waals surface area contributed by atoms with E-state index in [2.05, 4.69) is 5.32 Å². The number of ether oxygens (including phenoxy) is 1. The summed E-state index contributed by atoms with van der Waals surface area (Å²) in [5, 5.41) is 10.0. The average molecular weight is 241 g/mol. The summed E-state index contributed by atoms with van der Waals surface area (Å²) in [5.41, 5.74) is -0.444. The summed E-state index contributed by atoms with van der Waals surface area (Å²) in [6.45, 7) is 8.32. The summed E-state index contributed by atoms with van der Waals surface area (Å²) >= 11 is 0. The molecular formula is C12H23N3O2. The average Bonchev–Trinajstić information content (AvgIpc) is 2.15. The molecule has 17 heavy (non-hydrogen) atoms. The van der Waals surface area contributed by atoms with Crippen LogP contribution in [0.3, 0.4) is 0 Å². The summed E-state index contributed by atoms with van der Waals surface area (Å²) in [6, 6.07) is 0.442. The van der Waals surface area contributed by atoms with Gasteiger partial charge in [0, 0.05) is 18.6 Å². The highest BCUT2D eigenvalue weighted by Crippen LogP contribution is 2.20. The summed E-state index contributed by atoms with van der Waals surface area (Å²) < 4.78 is 5.36. The lowest BCUT2D eigenvalue weighted by atomic mass is 9.99. The summed E-state index contributed by atoms with van der Waals surface area (Å²) in [6.07, 6.45) is 2.70. The monoisotopic (exact) mass is 241 g/mol. The first-order valence-corrected chi connectivity index (χ1v) is 6.08. The number of nitrogens with zero attached hydrogens (tertiary/aromatic N) is 1. The molecule has 5 nitrogen and oxygen atoms in total. The van der Waals surface area contributed by atoms with Crippen LogP contribution in [-0.2, 0) is 4.74 Å². The molecule has 1 unspecified atom stereocenters. The van der Waals surface area contributed by atoms with E-state index in [1.807, 2.05) is 27.7 Å². The van der Waals surface area contributed by atoms with Crippen molar-refractivity contribution in [3.63, 3.8) is 0 Å². The minimum atomic E-state index is -0.444. The Balaban J connectivity index is 2.51. The third kappa shape index (κ3) is 4.24. The van der Waals surface area contributed by atoms with E-state index in [4.69, 9.17) is 10.1 Å². The molecule has 0 radical (unpaired) electrons. The van der Waals surface area contributed by atoms with Crippen molar-refractivity contribution in [1.29, 1.82) is 5.41 Å². The first kappa shape index (κ1) is 13.8. The fourth-order valence-corrected chi connectivity index (χ4v) is 2.03. The van der Waals surface area contributed by atoms with Crippen LogP contribution < -0.4 is 5.32 Å². The first-order valence-electron chi connectivity index (χ1n) is 6.08. The van der Waals surface area contributed by atoms with Gasteiger partial charge in [-0.1, -0.05) is 0 Å². The van der Waals surface area contributed by atoms with Crippen LogP contribution in [0.2, 0.25) is 0 Å². The lowest BCUT2D eigenvalue weighted by molar-refractivity contribution is 0.0101. The van der Waals surface area contributed by atoms with E-state index in [0.717, 1.165) is 12.8 Å². The van der Waals surface area contributed by atoms with E-state index in [9.17, 15) is 4.79 Å². The van der Waals surface area contributed by atoms with Gasteiger partial charge >= 0.3 is 6.09 Å². The SMILES string of the molecule is C[C@H]1CC(NC=N)CCN1C(=O)OC(C)(C)C. The molecule has 5 heteroatoms. The van der Waals surface area contributed by atoms with Gasteiger partial charge in [0.2, 0.25) is 0 Å². The number of piperidine rings is 1. The number of rotatable bonds is 2. The van der Waals surface area contributed by atoms with Gasteiger partial charge in [0.05, 0.1) is 6.34 Å². The first-order chi connectivity index (χ1) is 7.83. The Morgan fingerprint density at radius 1 is 1.53 bits per heavy atom. The third-order valence-corrected chi connectivity index (χ3v) is 2.82. The largest absolute Gasteiger partial charge is 0.444 e. The van der Waals surface area contributed by atoms with Crippen molar-refractivity contribution in [1.82, 2.24) is 10.2 Å². The molecule has 1 aliphatic rings. The van der Waals surface area contributed by atoms with Crippen LogP contribution in [0, 0.1) is 5.41 Å². The van der Waals surface area contributed by atoms with Gasteiger partial charge in [-0.2, -0.15) is 0 Å². The second-order valence-corrected chi connectivity index (χ2v) is 5.56. The predicted octanol–water partition coefficient (Wildman–Crippen LogP) is 1.97. The molecule has 0 aromatic heterocycles. The number of hydrogen-bond acceptors (Lipinski definition) is 3. The van der Waals surface area contributed by atoms with E-state index in [0.29, 0.717) is 12.6 Å². The molecule has 1 rings (SSSR count). The summed E-state index contributed by atoms with van der Waals surface area (Å²) in [7, 11) is 0. The minimum absolute atomic E-state index is 0.149. The Bertz CT molecular complexity index is 286. The fraction of sp³-hybridized carbons (Fsp3) is 0.833. The third-order valence-electron chi connectivity index (χ3n) is 2.82. The number of carbonyl (C=O) groups excluding carboxylic acids is 1. The topological polar surface area (TPSA) is 65.4 Å². The second kappa shape index (κ2) is 5.38. The second-order valence-electron chi connectivity index (χ2n) is 5.56. The van der Waals surface area contributed by atoms with Gasteiger partial charge in [-0.3, -0.25) is 5.41 Å². The minimum Gasteiger partial charge on any atom is -0.444 e. The maximum atomic E-state index is 11.9. The van der Waals surface area contributed by atoms with E-state index >= 15 is 0 Å². The van der Waals surface area contributed by atoms with E-state index in [1.54, 1.807) is 4.90 Å². The molecule has 98 valence electrons. The molecule has 2 N–H and O–H groups in total. The van der Waals surface area contributed by atoms with Crippen molar-refractivity contribution in [2.45, 2.75) is 58.2 Å². The highest BCUT2D eigenvalue weighted by molar-refractivity contribution is 5.68. The van der Waals surface area contributed by atoms with Crippen LogP contribution in [0.1, 0.15) is 40.5 Å². The van der Waals surface area contributed by atoms with E-state index < -0.39 is 5.60 Å². The molecule has 0 spiro atoms. The van der Waals surface area contributed by atoms with Crippen LogP contribution in [0.25, 0.3) is 0 Å². The lowest BCUT2D eigenvalue weighted by Crippen LogP contribution is -2.50. The van der Waals surface area contributed by atoms with Gasteiger partial charge in [0.1, 0.15) is 5.60 Å². The van der Waals surface area contributed by atoms with Crippen LogP contribution >= 0.6 is 0 Å². The van der Waals surface area contributed by atoms with Crippen LogP contribution in [0.15, 0.2) is 0 Å². The summed E-state index contributed by atoms with van der Waals surface area (Å²) in [4.78, 5) is 13.7. The van der Waals surface area contributed by atoms with Gasteiger partial charge in [0.15, 0.2) is 0 Å². The number of carbonyl (C=O) groups is 1. The molecule has 0 aromatic rings. The number of nitrogens with one attached hydrogen (secondary N) is 2. The van der Waals surface area contributed by atoms with E-state index in [-0.39, 0.29) is 12.1 Å². The normalized spacial score (nSPS) is 25.3. The van der Waals surface area contributed by atoms with Crippen LogP contribution in [-0.4, -0.2) is 41.6 Å². The van der Waals surface area contributed by atoms with Crippen LogP contribution in [0.4, 0.5) is 4.79 Å². The molecule has 0 saturated carbocycles. The lowest BCUT2D eigenvalue weighted by Gasteiger charge is -2.38. The maximum absolute atomic E-state index is 11.9. The Labute approximate surface area is 103 Å². The highest BCUT2D eigenvalue weighted by atomic mass is 16.6. The van der Waals surface area contributed by atoms with E-state index in [1.165, 1.54) is 6.34 Å². The highest BCUT2D eigenvalue weighted by Gasteiger charge is 2.31. The quantitative estimate of drug-likeness (QED) is 0.574. The van der Waals surface area contributed by atoms with Crippen molar-refractivity contribution in [3.8, 4) is 0 Å². The number of likely N-dealkylation sites (tertiary alicyclic amines) is 1. The Morgan fingerprint density at radius 3 is 2.65 bits per heavy atom. The smallest absolute Gasteiger partial charge is 0.410 e. The molecule has 0 bridgehead atoms. The fourth-order valence-electron chi connectivity index (χ4n) is 2.03. The molecule has 1 amide bonds. The zero-order valence-electron chi connectivity index (χ0n) is 11.1. The molecule has 1 saturated heterocycles. The Morgan fingerprint density at radius 2 is 2.18 bits per heavy atom. The maximum Gasteiger partial charge on any atom is 0.410 e. The molecular weight excluding hydrogens is 218 g/mol. The molecule has 0 aliphatic carbocycles. The number of amides is 1. The standard InChI is InChI=1S/C12H23N3O2/c1-9-7-10(14-8-13)5-6-15(9)11(16)17-12(2,3)4/h8-10H,5-7H2,1-4H3,(H2,13,14)/t9-,10?/m0/s1. The van der Waals surface area contributed by atoms with Crippen molar-refractivity contribution >= 4 is 12.4 Å². The van der Waals surface area contributed by atoms with Crippen LogP contribution in [0.5, 0.6) is 0 Å². The van der Waals surface area contributed by atoms with Gasteiger partial charge < -0.3 is 15.0 Å². The number of hydrogen-bond donors (Lipinski definition) is 2. The summed E-state index contributed by atoms with van der Waals surface area (Å²) in [5.74, 6) is 0. The Hall–Kier alpha value is -1.26. The van der Waals surface area contributed by atoms with Crippen molar-refractivity contribution in [2.24, 2.45) is 0 Å². The molecule has 2 atom stereocenters. The zero-order chi connectivity index (χ0) is 13.1. The van der Waals surface area contributed by atoms with Crippen molar-refractivity contribution < 1.29 is 9.53 Å². The van der Waals surface area contributed by atoms with Gasteiger partial charge in [0.25, 0.3) is 0 Å². The van der Waals surface area contributed by atoms with Crippen molar-refractivity contribution in [2.75, 3.05) is 6.54 Å². The zero-order valence-corrected chi connectivity index (χ0v) is 11.1.